The molecule has 1 N–H and O–H groups in total. The van der Waals surface area contributed by atoms with Crippen molar-refractivity contribution in [2.24, 2.45) is 0 Å². The standard InChI is InChI=1S/C14H14N2O5.K/c1-3-10(17)11-12(18)15-14(20)16(13(11)19)8-4-6-9(21-2)7-5-8;/h4-7,18H,3H2,1-2H3,(H,15,20);/q;+1/p-1. The Kier molecular flexibility index (Phi) is 6.76. The number of nitrogens with one attached hydrogen (secondary N) is 1. The Morgan fingerprint density at radius 3 is 2.36 bits per heavy atom. The molecule has 0 aliphatic rings. The number of rotatable bonds is 4. The van der Waals surface area contributed by atoms with E-state index < -0.39 is 28.5 Å². The normalized spacial score (nSPS) is 9.91. The number of ether oxygens (including phenoxy) is 1. The molecule has 22 heavy (non-hydrogen) atoms. The molecule has 0 bridgehead atoms. The SMILES string of the molecule is CCC(=O)c1c([O-])[nH]c(=O)n(-c2ccc(OC)cc2)c1=O.[K+]. The van der Waals surface area contributed by atoms with Crippen molar-refractivity contribution in [2.75, 3.05) is 7.11 Å². The first-order valence-corrected chi connectivity index (χ1v) is 6.23. The van der Waals surface area contributed by atoms with E-state index in [0.29, 0.717) is 5.75 Å². The summed E-state index contributed by atoms with van der Waals surface area (Å²) in [4.78, 5) is 37.8. The van der Waals surface area contributed by atoms with Crippen molar-refractivity contribution in [3.63, 3.8) is 0 Å². The molecule has 0 unspecified atom stereocenters. The molecule has 1 aromatic carbocycles. The Balaban J connectivity index is 0.00000242. The number of methoxy groups -OCH3 is 1. The third kappa shape index (κ3) is 3.58. The minimum Gasteiger partial charge on any atom is -0.859 e. The maximum absolute atomic E-state index is 12.3. The third-order valence-electron chi connectivity index (χ3n) is 3.00. The van der Waals surface area contributed by atoms with Gasteiger partial charge in [-0.05, 0) is 30.1 Å². The van der Waals surface area contributed by atoms with Gasteiger partial charge in [-0.15, -0.1) is 0 Å². The number of carbonyl (C=O) groups excluding carboxylic acids is 1. The number of benzene rings is 1. The van der Waals surface area contributed by atoms with Gasteiger partial charge in [-0.25, -0.2) is 9.36 Å². The number of carbonyl (C=O) groups is 1. The number of nitrogens with zero attached hydrogens (tertiary/aromatic N) is 1. The van der Waals surface area contributed by atoms with Crippen molar-refractivity contribution >= 4 is 5.78 Å². The van der Waals surface area contributed by atoms with Crippen LogP contribution in [0.5, 0.6) is 11.6 Å². The first-order chi connectivity index (χ1) is 9.99. The summed E-state index contributed by atoms with van der Waals surface area (Å²) >= 11 is 0. The van der Waals surface area contributed by atoms with Crippen molar-refractivity contribution in [3.05, 3.63) is 50.7 Å². The van der Waals surface area contributed by atoms with E-state index in [1.165, 1.54) is 26.2 Å². The van der Waals surface area contributed by atoms with Gasteiger partial charge >= 0.3 is 57.1 Å². The van der Waals surface area contributed by atoms with Gasteiger partial charge in [0, 0.05) is 6.42 Å². The minimum absolute atomic E-state index is 0. The molecule has 0 aliphatic heterocycles. The van der Waals surface area contributed by atoms with E-state index in [1.807, 2.05) is 4.98 Å². The summed E-state index contributed by atoms with van der Waals surface area (Å²) in [5.74, 6) is -1.02. The van der Waals surface area contributed by atoms with Gasteiger partial charge in [0.2, 0.25) is 0 Å². The Morgan fingerprint density at radius 1 is 1.27 bits per heavy atom. The number of ketones is 1. The molecule has 0 aliphatic carbocycles. The van der Waals surface area contributed by atoms with E-state index in [0.717, 1.165) is 4.57 Å². The molecule has 2 rings (SSSR count). The van der Waals surface area contributed by atoms with Crippen LogP contribution < -0.4 is 72.5 Å². The summed E-state index contributed by atoms with van der Waals surface area (Å²) in [6.45, 7) is 1.53. The summed E-state index contributed by atoms with van der Waals surface area (Å²) in [5.41, 5.74) is -2.09. The van der Waals surface area contributed by atoms with Crippen LogP contribution in [-0.2, 0) is 0 Å². The van der Waals surface area contributed by atoms with Crippen LogP contribution in [0.1, 0.15) is 23.7 Å². The van der Waals surface area contributed by atoms with Gasteiger partial charge in [0.1, 0.15) is 5.75 Å². The van der Waals surface area contributed by atoms with Crippen molar-refractivity contribution in [1.29, 1.82) is 0 Å². The van der Waals surface area contributed by atoms with Gasteiger partial charge in [0.05, 0.1) is 18.4 Å². The van der Waals surface area contributed by atoms with Gasteiger partial charge in [-0.3, -0.25) is 9.59 Å². The van der Waals surface area contributed by atoms with E-state index in [9.17, 15) is 19.5 Å². The third-order valence-corrected chi connectivity index (χ3v) is 3.00. The van der Waals surface area contributed by atoms with Crippen LogP contribution in [0.2, 0.25) is 0 Å². The predicted octanol–water partition coefficient (Wildman–Crippen LogP) is -2.80. The number of hydrogen-bond acceptors (Lipinski definition) is 5. The first-order valence-electron chi connectivity index (χ1n) is 6.23. The molecule has 7 nitrogen and oxygen atoms in total. The fourth-order valence-corrected chi connectivity index (χ4v) is 1.91. The fourth-order valence-electron chi connectivity index (χ4n) is 1.91. The smallest absolute Gasteiger partial charge is 0.859 e. The zero-order chi connectivity index (χ0) is 15.6. The van der Waals surface area contributed by atoms with Gasteiger partial charge in [-0.1, -0.05) is 6.92 Å². The van der Waals surface area contributed by atoms with E-state index in [2.05, 4.69) is 0 Å². The molecule has 1 aromatic heterocycles. The molecule has 0 radical (unpaired) electrons. The van der Waals surface area contributed by atoms with E-state index in [4.69, 9.17) is 4.74 Å². The van der Waals surface area contributed by atoms with E-state index in [1.54, 1.807) is 12.1 Å². The van der Waals surface area contributed by atoms with Crippen molar-refractivity contribution in [3.8, 4) is 17.3 Å². The molecule has 2 aromatic rings. The summed E-state index contributed by atoms with van der Waals surface area (Å²) in [7, 11) is 1.48. The molecule has 0 atom stereocenters. The summed E-state index contributed by atoms with van der Waals surface area (Å²) in [5, 5.41) is 11.6. The molecule has 1 heterocycles. The number of hydrogen-bond donors (Lipinski definition) is 1. The quantitative estimate of drug-likeness (QED) is 0.482. The largest absolute Gasteiger partial charge is 1.00 e. The Morgan fingerprint density at radius 2 is 1.86 bits per heavy atom. The van der Waals surface area contributed by atoms with Crippen molar-refractivity contribution < 1.29 is 66.0 Å². The molecule has 0 spiro atoms. The molecule has 0 amide bonds. The maximum Gasteiger partial charge on any atom is 1.00 e. The van der Waals surface area contributed by atoms with Gasteiger partial charge < -0.3 is 14.8 Å². The molecule has 110 valence electrons. The zero-order valence-corrected chi connectivity index (χ0v) is 15.6. The molecular weight excluding hydrogens is 315 g/mol. The van der Waals surface area contributed by atoms with Crippen LogP contribution in [-0.4, -0.2) is 22.4 Å². The molecular formula is C14H13KN2O5. The van der Waals surface area contributed by atoms with Gasteiger partial charge in [0.15, 0.2) is 5.78 Å². The van der Waals surface area contributed by atoms with Gasteiger partial charge in [0.25, 0.3) is 5.56 Å². The Bertz CT molecular complexity index is 792. The fraction of sp³-hybridized carbons (Fsp3) is 0.214. The van der Waals surface area contributed by atoms with Crippen molar-refractivity contribution in [2.45, 2.75) is 13.3 Å². The average molecular weight is 328 g/mol. The summed E-state index contributed by atoms with van der Waals surface area (Å²) in [6, 6.07) is 6.10. The second kappa shape index (κ2) is 7.88. The topological polar surface area (TPSA) is 104 Å². The summed E-state index contributed by atoms with van der Waals surface area (Å²) < 4.78 is 5.74. The average Bonchev–Trinajstić information content (AvgIpc) is 2.47. The van der Waals surface area contributed by atoms with Crippen LogP contribution in [0.15, 0.2) is 33.9 Å². The molecule has 0 saturated heterocycles. The first kappa shape index (κ1) is 18.9. The summed E-state index contributed by atoms with van der Waals surface area (Å²) in [6.07, 6.45) is -0.000857. The second-order valence-corrected chi connectivity index (χ2v) is 4.25. The predicted molar refractivity (Wildman–Crippen MR) is 73.3 cm³/mol. The van der Waals surface area contributed by atoms with Crippen LogP contribution >= 0.6 is 0 Å². The van der Waals surface area contributed by atoms with E-state index >= 15 is 0 Å². The Labute approximate surface area is 168 Å². The van der Waals surface area contributed by atoms with E-state index in [-0.39, 0.29) is 63.5 Å². The number of aromatic nitrogens is 2. The molecule has 8 heteroatoms. The second-order valence-electron chi connectivity index (χ2n) is 4.25. The van der Waals surface area contributed by atoms with Crippen molar-refractivity contribution in [1.82, 2.24) is 9.55 Å². The zero-order valence-electron chi connectivity index (χ0n) is 12.5. The van der Waals surface area contributed by atoms with Crippen LogP contribution in [0.3, 0.4) is 0 Å². The monoisotopic (exact) mass is 328 g/mol. The number of Topliss-reactive ketones (excluding diaryl/α,β-unsaturated/α-hetero) is 1. The van der Waals surface area contributed by atoms with Gasteiger partial charge in [-0.2, -0.15) is 0 Å². The Hall–Kier alpha value is -1.19. The number of H-pyrrole nitrogens is 1. The minimum atomic E-state index is -0.957. The number of aromatic amines is 1. The van der Waals surface area contributed by atoms with Crippen LogP contribution in [0.4, 0.5) is 0 Å². The van der Waals surface area contributed by atoms with Crippen LogP contribution in [0, 0.1) is 0 Å². The molecule has 0 saturated carbocycles. The van der Waals surface area contributed by atoms with Crippen LogP contribution in [0.25, 0.3) is 5.69 Å². The maximum atomic E-state index is 12.3. The molecule has 0 fully saturated rings.